The number of hydrogen-bond donors (Lipinski definition) is 4. The highest BCUT2D eigenvalue weighted by Crippen LogP contribution is 2.13. The van der Waals surface area contributed by atoms with E-state index in [1.807, 2.05) is 37.3 Å². The quantitative estimate of drug-likeness (QED) is 0.638. The third-order valence-corrected chi connectivity index (χ3v) is 3.38. The Bertz CT molecular complexity index is 669. The van der Waals surface area contributed by atoms with Gasteiger partial charge in [0.1, 0.15) is 5.69 Å². The second-order valence-corrected chi connectivity index (χ2v) is 5.29. The van der Waals surface area contributed by atoms with E-state index in [1.54, 1.807) is 6.92 Å². The van der Waals surface area contributed by atoms with E-state index in [-0.39, 0.29) is 24.0 Å². The second-order valence-electron chi connectivity index (χ2n) is 5.29. The molecule has 0 saturated heterocycles. The molecule has 2 rings (SSSR count). The van der Waals surface area contributed by atoms with Crippen molar-refractivity contribution in [2.24, 2.45) is 0 Å². The highest BCUT2D eigenvalue weighted by Gasteiger charge is 2.22. The number of benzene rings is 1. The van der Waals surface area contributed by atoms with Gasteiger partial charge in [-0.25, -0.2) is 4.98 Å². The molecule has 0 bridgehead atoms. The van der Waals surface area contributed by atoms with E-state index in [9.17, 15) is 9.59 Å². The Hall–Kier alpha value is -2.67. The van der Waals surface area contributed by atoms with Crippen LogP contribution in [0.15, 0.2) is 36.7 Å². The molecule has 23 heavy (non-hydrogen) atoms. The van der Waals surface area contributed by atoms with E-state index in [0.29, 0.717) is 0 Å². The number of aromatic amines is 1. The highest BCUT2D eigenvalue weighted by atomic mass is 16.3. The summed E-state index contributed by atoms with van der Waals surface area (Å²) in [6, 6.07) is 8.88. The van der Waals surface area contributed by atoms with Crippen molar-refractivity contribution in [1.29, 1.82) is 0 Å². The van der Waals surface area contributed by atoms with Gasteiger partial charge in [0.2, 0.25) is 0 Å². The summed E-state index contributed by atoms with van der Waals surface area (Å²) < 4.78 is 0. The Morgan fingerprint density at radius 2 is 1.87 bits per heavy atom. The summed E-state index contributed by atoms with van der Waals surface area (Å²) in [5.41, 5.74) is 1.05. The number of rotatable bonds is 6. The van der Waals surface area contributed by atoms with Crippen molar-refractivity contribution in [2.75, 3.05) is 6.61 Å². The Morgan fingerprint density at radius 3 is 2.52 bits per heavy atom. The zero-order valence-electron chi connectivity index (χ0n) is 13.0. The van der Waals surface area contributed by atoms with Crippen molar-refractivity contribution in [1.82, 2.24) is 20.6 Å². The van der Waals surface area contributed by atoms with Crippen LogP contribution in [0.3, 0.4) is 0 Å². The van der Waals surface area contributed by atoms with Gasteiger partial charge in [-0.15, -0.1) is 0 Å². The lowest BCUT2D eigenvalue weighted by molar-refractivity contribution is 0.0890. The topological polar surface area (TPSA) is 107 Å². The maximum Gasteiger partial charge on any atom is 0.272 e. The van der Waals surface area contributed by atoms with Crippen LogP contribution in [0.2, 0.25) is 0 Å². The van der Waals surface area contributed by atoms with Crippen LogP contribution >= 0.6 is 0 Å². The average Bonchev–Trinajstić information content (AvgIpc) is 3.05. The number of imidazole rings is 1. The first kappa shape index (κ1) is 16.7. The summed E-state index contributed by atoms with van der Waals surface area (Å²) in [6.07, 6.45) is 1.29. The second kappa shape index (κ2) is 7.55. The molecular formula is C16H20N4O3. The fourth-order valence-electron chi connectivity index (χ4n) is 2.07. The van der Waals surface area contributed by atoms with Gasteiger partial charge in [0.15, 0.2) is 5.69 Å². The number of aliphatic hydroxyl groups excluding tert-OH is 1. The molecule has 0 spiro atoms. The number of H-pyrrole nitrogens is 1. The summed E-state index contributed by atoms with van der Waals surface area (Å²) >= 11 is 0. The molecule has 1 aromatic heterocycles. The Morgan fingerprint density at radius 1 is 1.17 bits per heavy atom. The molecule has 2 amide bonds. The van der Waals surface area contributed by atoms with Gasteiger partial charge in [0.25, 0.3) is 11.8 Å². The van der Waals surface area contributed by atoms with Crippen LogP contribution in [0.5, 0.6) is 0 Å². The molecule has 0 fully saturated rings. The number of carbonyl (C=O) groups excluding carboxylic acids is 2. The van der Waals surface area contributed by atoms with E-state index in [2.05, 4.69) is 20.6 Å². The molecule has 4 N–H and O–H groups in total. The molecule has 1 heterocycles. The lowest BCUT2D eigenvalue weighted by atomic mass is 10.1. The summed E-state index contributed by atoms with van der Waals surface area (Å²) in [5, 5.41) is 14.4. The number of nitrogens with zero attached hydrogens (tertiary/aromatic N) is 1. The van der Waals surface area contributed by atoms with Crippen molar-refractivity contribution in [3.05, 3.63) is 53.6 Å². The average molecular weight is 316 g/mol. The minimum atomic E-state index is -0.509. The van der Waals surface area contributed by atoms with Gasteiger partial charge in [-0.1, -0.05) is 30.3 Å². The van der Waals surface area contributed by atoms with Gasteiger partial charge >= 0.3 is 0 Å². The van der Waals surface area contributed by atoms with Gasteiger partial charge in [-0.05, 0) is 19.4 Å². The van der Waals surface area contributed by atoms with Crippen molar-refractivity contribution in [3.8, 4) is 0 Å². The SMILES string of the molecule is C[C@H](NC(=O)c1[nH]cnc1C(=O)N[C@@H](C)CO)c1ccccc1. The monoisotopic (exact) mass is 316 g/mol. The fourth-order valence-corrected chi connectivity index (χ4v) is 2.07. The van der Waals surface area contributed by atoms with E-state index in [1.165, 1.54) is 6.33 Å². The number of hydrogen-bond acceptors (Lipinski definition) is 4. The van der Waals surface area contributed by atoms with Gasteiger partial charge < -0.3 is 20.7 Å². The molecule has 0 aliphatic heterocycles. The molecular weight excluding hydrogens is 296 g/mol. The smallest absolute Gasteiger partial charge is 0.272 e. The molecule has 1 aromatic carbocycles. The van der Waals surface area contributed by atoms with Crippen LogP contribution in [-0.4, -0.2) is 39.5 Å². The van der Waals surface area contributed by atoms with Gasteiger partial charge in [-0.2, -0.15) is 0 Å². The molecule has 0 saturated carbocycles. The van der Waals surface area contributed by atoms with Gasteiger partial charge in [0, 0.05) is 6.04 Å². The zero-order chi connectivity index (χ0) is 16.8. The van der Waals surface area contributed by atoms with Crippen molar-refractivity contribution in [2.45, 2.75) is 25.9 Å². The van der Waals surface area contributed by atoms with Crippen LogP contribution in [0.25, 0.3) is 0 Å². The lowest BCUT2D eigenvalue weighted by Gasteiger charge is -2.14. The summed E-state index contributed by atoms with van der Waals surface area (Å²) in [5.74, 6) is -0.925. The number of aromatic nitrogens is 2. The maximum absolute atomic E-state index is 12.4. The van der Waals surface area contributed by atoms with Crippen LogP contribution in [-0.2, 0) is 0 Å². The molecule has 0 unspecified atom stereocenters. The molecule has 7 heteroatoms. The predicted molar refractivity (Wildman–Crippen MR) is 84.9 cm³/mol. The van der Waals surface area contributed by atoms with E-state index < -0.39 is 17.9 Å². The molecule has 2 atom stereocenters. The summed E-state index contributed by atoms with van der Waals surface area (Å²) in [6.45, 7) is 3.32. The Kier molecular flexibility index (Phi) is 5.48. The first-order chi connectivity index (χ1) is 11.0. The standard InChI is InChI=1S/C16H20N4O3/c1-10(8-21)19-15(22)13-14(18-9-17-13)16(23)20-11(2)12-6-4-3-5-7-12/h3-7,9-11,21H,8H2,1-2H3,(H,17,18)(H,19,22)(H,20,23)/t10-,11-/m0/s1. The van der Waals surface area contributed by atoms with Crippen LogP contribution in [0.4, 0.5) is 0 Å². The zero-order valence-corrected chi connectivity index (χ0v) is 13.0. The lowest BCUT2D eigenvalue weighted by Crippen LogP contribution is -2.37. The molecule has 122 valence electrons. The van der Waals surface area contributed by atoms with Crippen LogP contribution < -0.4 is 10.6 Å². The minimum absolute atomic E-state index is 0.00283. The normalized spacial score (nSPS) is 13.2. The Balaban J connectivity index is 2.09. The highest BCUT2D eigenvalue weighted by molar-refractivity contribution is 6.04. The number of carbonyl (C=O) groups is 2. The summed E-state index contributed by atoms with van der Waals surface area (Å²) in [7, 11) is 0. The van der Waals surface area contributed by atoms with Gasteiger partial charge in [0.05, 0.1) is 19.0 Å². The predicted octanol–water partition coefficient (Wildman–Crippen LogP) is 1.01. The Labute approximate surface area is 134 Å². The molecule has 0 radical (unpaired) electrons. The molecule has 0 aliphatic rings. The van der Waals surface area contributed by atoms with E-state index >= 15 is 0 Å². The van der Waals surface area contributed by atoms with Gasteiger partial charge in [-0.3, -0.25) is 9.59 Å². The van der Waals surface area contributed by atoms with E-state index in [0.717, 1.165) is 5.56 Å². The number of aliphatic hydroxyl groups is 1. The van der Waals surface area contributed by atoms with Crippen molar-refractivity contribution >= 4 is 11.8 Å². The maximum atomic E-state index is 12.4. The third kappa shape index (κ3) is 4.17. The number of amides is 2. The fraction of sp³-hybridized carbons (Fsp3) is 0.312. The van der Waals surface area contributed by atoms with Crippen molar-refractivity contribution < 1.29 is 14.7 Å². The van der Waals surface area contributed by atoms with Crippen molar-refractivity contribution in [3.63, 3.8) is 0 Å². The van der Waals surface area contributed by atoms with Crippen LogP contribution in [0.1, 0.15) is 46.4 Å². The number of nitrogens with one attached hydrogen (secondary N) is 3. The molecule has 2 aromatic rings. The molecule has 0 aliphatic carbocycles. The third-order valence-electron chi connectivity index (χ3n) is 3.38. The largest absolute Gasteiger partial charge is 0.394 e. The van der Waals surface area contributed by atoms with E-state index in [4.69, 9.17) is 5.11 Å². The first-order valence-electron chi connectivity index (χ1n) is 7.33. The minimum Gasteiger partial charge on any atom is -0.394 e. The molecule has 7 nitrogen and oxygen atoms in total. The van der Waals surface area contributed by atoms with Crippen LogP contribution in [0, 0.1) is 0 Å². The summed E-state index contributed by atoms with van der Waals surface area (Å²) in [4.78, 5) is 31.0. The first-order valence-corrected chi connectivity index (χ1v) is 7.33.